The Bertz CT molecular complexity index is 472. The quantitative estimate of drug-likeness (QED) is 0.653. The highest BCUT2D eigenvalue weighted by molar-refractivity contribution is 7.12. The summed E-state index contributed by atoms with van der Waals surface area (Å²) in [5.74, 6) is -1.27. The largest absolute Gasteiger partial charge is 0.480 e. The van der Waals surface area contributed by atoms with E-state index in [9.17, 15) is 9.59 Å². The van der Waals surface area contributed by atoms with Crippen LogP contribution in [0.3, 0.4) is 0 Å². The van der Waals surface area contributed by atoms with Crippen molar-refractivity contribution in [1.29, 1.82) is 0 Å². The fraction of sp³-hybridized carbons (Fsp3) is 0.500. The smallest absolute Gasteiger partial charge is 0.328 e. The first-order chi connectivity index (χ1) is 8.85. The molecular weight excluding hydrogens is 268 g/mol. The minimum absolute atomic E-state index is 0.224. The van der Waals surface area contributed by atoms with Crippen molar-refractivity contribution < 1.29 is 19.8 Å². The highest BCUT2D eigenvalue weighted by Gasteiger charge is 2.20. The first kappa shape index (κ1) is 15.5. The van der Waals surface area contributed by atoms with Crippen LogP contribution in [-0.2, 0) is 4.79 Å². The normalized spacial score (nSPS) is 13.7. The van der Waals surface area contributed by atoms with Gasteiger partial charge in [-0.1, -0.05) is 0 Å². The Hall–Kier alpha value is -1.60. The molecule has 1 rings (SSSR count). The number of carbonyl (C=O) groups is 2. The topological polar surface area (TPSA) is 98.7 Å². The maximum Gasteiger partial charge on any atom is 0.328 e. The average molecular weight is 286 g/mol. The SMILES string of the molecule is Cc1cc(C(C)NC(=O)NC(CO)C(=O)O)c(C)s1. The number of hydrogen-bond acceptors (Lipinski definition) is 4. The molecule has 0 saturated heterocycles. The molecule has 6 nitrogen and oxygen atoms in total. The van der Waals surface area contributed by atoms with Crippen LogP contribution in [-0.4, -0.2) is 34.9 Å². The lowest BCUT2D eigenvalue weighted by atomic mass is 10.1. The van der Waals surface area contributed by atoms with Crippen LogP contribution < -0.4 is 10.6 Å². The summed E-state index contributed by atoms with van der Waals surface area (Å²) >= 11 is 1.64. The van der Waals surface area contributed by atoms with Gasteiger partial charge in [-0.15, -0.1) is 11.3 Å². The molecule has 19 heavy (non-hydrogen) atoms. The van der Waals surface area contributed by atoms with Gasteiger partial charge in [0.15, 0.2) is 6.04 Å². The maximum atomic E-state index is 11.6. The first-order valence-corrected chi connectivity index (χ1v) is 6.64. The molecule has 1 heterocycles. The molecule has 0 aliphatic carbocycles. The lowest BCUT2D eigenvalue weighted by Gasteiger charge is -2.17. The van der Waals surface area contributed by atoms with Crippen LogP contribution in [0.2, 0.25) is 0 Å². The predicted octanol–water partition coefficient (Wildman–Crippen LogP) is 1.17. The van der Waals surface area contributed by atoms with Crippen molar-refractivity contribution in [2.45, 2.75) is 32.9 Å². The van der Waals surface area contributed by atoms with Crippen molar-refractivity contribution in [2.24, 2.45) is 0 Å². The number of thiophene rings is 1. The summed E-state index contributed by atoms with van der Waals surface area (Å²) in [6.45, 7) is 5.13. The number of aliphatic hydroxyl groups excluding tert-OH is 1. The first-order valence-electron chi connectivity index (χ1n) is 5.82. The molecule has 0 aliphatic rings. The van der Waals surface area contributed by atoms with Crippen molar-refractivity contribution in [3.8, 4) is 0 Å². The fourth-order valence-corrected chi connectivity index (χ4v) is 2.76. The number of aryl methyl sites for hydroxylation is 2. The molecule has 2 unspecified atom stereocenters. The molecule has 106 valence electrons. The van der Waals surface area contributed by atoms with Gasteiger partial charge in [0, 0.05) is 9.75 Å². The van der Waals surface area contributed by atoms with Gasteiger partial charge in [-0.3, -0.25) is 0 Å². The Labute approximate surface area is 115 Å². The Morgan fingerprint density at radius 1 is 1.37 bits per heavy atom. The molecule has 1 aromatic heterocycles. The lowest BCUT2D eigenvalue weighted by Crippen LogP contribution is -2.48. The monoisotopic (exact) mass is 286 g/mol. The second kappa shape index (κ2) is 6.53. The van der Waals surface area contributed by atoms with Crippen LogP contribution >= 0.6 is 11.3 Å². The van der Waals surface area contributed by atoms with E-state index in [1.165, 1.54) is 0 Å². The van der Waals surface area contributed by atoms with Crippen LogP contribution in [0, 0.1) is 13.8 Å². The van der Waals surface area contributed by atoms with E-state index in [0.717, 1.165) is 15.3 Å². The van der Waals surface area contributed by atoms with Crippen LogP contribution in [0.25, 0.3) is 0 Å². The zero-order valence-corrected chi connectivity index (χ0v) is 11.9. The molecule has 0 fully saturated rings. The molecule has 2 atom stereocenters. The Balaban J connectivity index is 2.62. The highest BCUT2D eigenvalue weighted by atomic mass is 32.1. The van der Waals surface area contributed by atoms with E-state index in [1.807, 2.05) is 26.8 Å². The Kier molecular flexibility index (Phi) is 5.31. The highest BCUT2D eigenvalue weighted by Crippen LogP contribution is 2.25. The van der Waals surface area contributed by atoms with Gasteiger partial charge >= 0.3 is 12.0 Å². The average Bonchev–Trinajstić information content (AvgIpc) is 2.65. The van der Waals surface area contributed by atoms with Crippen LogP contribution in [0.4, 0.5) is 4.79 Å². The van der Waals surface area contributed by atoms with Crippen molar-refractivity contribution in [3.63, 3.8) is 0 Å². The third-order valence-corrected chi connectivity index (χ3v) is 3.66. The van der Waals surface area contributed by atoms with Crippen LogP contribution in [0.15, 0.2) is 6.07 Å². The standard InChI is InChI=1S/C12H18N2O4S/c1-6-4-9(8(3)19-6)7(2)13-12(18)14-10(5-15)11(16)17/h4,7,10,15H,5H2,1-3H3,(H,16,17)(H2,13,14,18). The van der Waals surface area contributed by atoms with E-state index in [2.05, 4.69) is 10.6 Å². The van der Waals surface area contributed by atoms with E-state index < -0.39 is 24.6 Å². The van der Waals surface area contributed by atoms with Crippen molar-refractivity contribution in [2.75, 3.05) is 6.61 Å². The number of hydrogen-bond donors (Lipinski definition) is 4. The van der Waals surface area contributed by atoms with E-state index in [1.54, 1.807) is 11.3 Å². The van der Waals surface area contributed by atoms with Crippen molar-refractivity contribution in [1.82, 2.24) is 10.6 Å². The Morgan fingerprint density at radius 2 is 2.00 bits per heavy atom. The minimum atomic E-state index is -1.29. The second-order valence-corrected chi connectivity index (χ2v) is 5.74. The summed E-state index contributed by atoms with van der Waals surface area (Å²) in [4.78, 5) is 24.6. The zero-order chi connectivity index (χ0) is 14.6. The van der Waals surface area contributed by atoms with Gasteiger partial charge in [-0.05, 0) is 32.4 Å². The molecule has 1 aromatic rings. The van der Waals surface area contributed by atoms with E-state index >= 15 is 0 Å². The summed E-state index contributed by atoms with van der Waals surface area (Å²) < 4.78 is 0. The van der Waals surface area contributed by atoms with Crippen LogP contribution in [0.5, 0.6) is 0 Å². The van der Waals surface area contributed by atoms with E-state index in [0.29, 0.717) is 0 Å². The number of carboxylic acid groups (broad SMARTS) is 1. The molecule has 2 amide bonds. The molecule has 0 radical (unpaired) electrons. The number of carbonyl (C=O) groups excluding carboxylic acids is 1. The molecule has 0 saturated carbocycles. The van der Waals surface area contributed by atoms with E-state index in [-0.39, 0.29) is 6.04 Å². The molecule has 0 aromatic carbocycles. The molecule has 0 aliphatic heterocycles. The minimum Gasteiger partial charge on any atom is -0.480 e. The van der Waals surface area contributed by atoms with Crippen molar-refractivity contribution >= 4 is 23.3 Å². The van der Waals surface area contributed by atoms with Crippen molar-refractivity contribution in [3.05, 3.63) is 21.4 Å². The number of aliphatic hydroxyl groups is 1. The third-order valence-electron chi connectivity index (χ3n) is 2.68. The summed E-state index contributed by atoms with van der Waals surface area (Å²) in [6, 6.07) is -0.140. The molecule has 7 heteroatoms. The van der Waals surface area contributed by atoms with Gasteiger partial charge in [0.05, 0.1) is 12.6 Å². The zero-order valence-electron chi connectivity index (χ0n) is 11.1. The maximum absolute atomic E-state index is 11.6. The van der Waals surface area contributed by atoms with Crippen LogP contribution in [0.1, 0.15) is 28.3 Å². The lowest BCUT2D eigenvalue weighted by molar-refractivity contribution is -0.140. The number of aliphatic carboxylic acids is 1. The Morgan fingerprint density at radius 3 is 2.42 bits per heavy atom. The second-order valence-electron chi connectivity index (χ2n) is 4.28. The summed E-state index contributed by atoms with van der Waals surface area (Å²) in [5, 5.41) is 22.4. The number of amides is 2. The predicted molar refractivity (Wildman–Crippen MR) is 72.4 cm³/mol. The molecular formula is C12H18N2O4S. The van der Waals surface area contributed by atoms with Gasteiger partial charge in [-0.2, -0.15) is 0 Å². The summed E-state index contributed by atoms with van der Waals surface area (Å²) in [6.07, 6.45) is 0. The van der Waals surface area contributed by atoms with Gasteiger partial charge in [0.2, 0.25) is 0 Å². The van der Waals surface area contributed by atoms with Gasteiger partial charge in [-0.25, -0.2) is 9.59 Å². The van der Waals surface area contributed by atoms with Gasteiger partial charge < -0.3 is 20.8 Å². The fourth-order valence-electron chi connectivity index (χ4n) is 1.74. The third kappa shape index (κ3) is 4.22. The van der Waals surface area contributed by atoms with Gasteiger partial charge in [0.25, 0.3) is 0 Å². The van der Waals surface area contributed by atoms with E-state index in [4.69, 9.17) is 10.2 Å². The number of nitrogens with one attached hydrogen (secondary N) is 2. The number of rotatable bonds is 5. The summed E-state index contributed by atoms with van der Waals surface area (Å²) in [7, 11) is 0. The molecule has 0 bridgehead atoms. The molecule has 4 N–H and O–H groups in total. The number of urea groups is 1. The molecule has 0 spiro atoms. The summed E-state index contributed by atoms with van der Waals surface area (Å²) in [5.41, 5.74) is 1.01. The number of carboxylic acids is 1. The van der Waals surface area contributed by atoms with Gasteiger partial charge in [0.1, 0.15) is 0 Å².